The zero-order valence-electron chi connectivity index (χ0n) is 45.1. The van der Waals surface area contributed by atoms with Gasteiger partial charge in [0.1, 0.15) is 34.3 Å². The summed E-state index contributed by atoms with van der Waals surface area (Å²) in [5.41, 5.74) is 0.517. The number of unbranched alkanes of at least 4 members (excludes halogenated alkanes) is 13. The van der Waals surface area contributed by atoms with Crippen LogP contribution in [-0.2, 0) is 38.1 Å². The van der Waals surface area contributed by atoms with Crippen LogP contribution < -0.4 is 23.7 Å². The quantitative estimate of drug-likeness (QED) is 0.0133. The van der Waals surface area contributed by atoms with Crippen molar-refractivity contribution >= 4 is 41.8 Å². The van der Waals surface area contributed by atoms with Gasteiger partial charge in [-0.2, -0.15) is 0 Å². The maximum Gasteiger partial charge on any atom is 0.343 e. The third-order valence-electron chi connectivity index (χ3n) is 11.8. The summed E-state index contributed by atoms with van der Waals surface area (Å²) in [7, 11) is 0. The molecule has 4 aromatic carbocycles. The highest BCUT2D eigenvalue weighted by atomic mass is 16.6. The van der Waals surface area contributed by atoms with E-state index in [1.54, 1.807) is 72.8 Å². The molecule has 4 rings (SSSR count). The SMILES string of the molecule is C=CC(=O)OCCCCCCCCOc1ccc(C(=O)Oc2ccc(OC(=O)c3ccc(OCCCCCCCCOC(=O)C=C)cc3)c(C(=O)OCCCOC(=O)c3ccc(OCCCCCCOC(=O)C=C)cc3)c2)cc1. The molecule has 0 aliphatic carbocycles. The molecule has 0 unspecified atom stereocenters. The van der Waals surface area contributed by atoms with Gasteiger partial charge in [0.15, 0.2) is 0 Å². The summed E-state index contributed by atoms with van der Waals surface area (Å²) in [4.78, 5) is 86.5. The minimum atomic E-state index is -0.887. The van der Waals surface area contributed by atoms with E-state index >= 15 is 0 Å². The Morgan fingerprint density at radius 2 is 0.608 bits per heavy atom. The fourth-order valence-corrected chi connectivity index (χ4v) is 7.40. The number of rotatable bonds is 41. The maximum absolute atomic E-state index is 13.6. The first-order valence-corrected chi connectivity index (χ1v) is 27.0. The lowest BCUT2D eigenvalue weighted by molar-refractivity contribution is -0.138. The average molecular weight is 1090 g/mol. The van der Waals surface area contributed by atoms with Crippen molar-refractivity contribution in [3.8, 4) is 28.7 Å². The van der Waals surface area contributed by atoms with Crippen LogP contribution in [0, 0.1) is 0 Å². The number of hydrogen-bond acceptors (Lipinski definition) is 17. The fraction of sp³-hybridized carbons (Fsp3) is 0.403. The second kappa shape index (κ2) is 38.4. The molecule has 0 aliphatic heterocycles. The van der Waals surface area contributed by atoms with Crippen LogP contribution >= 0.6 is 0 Å². The van der Waals surface area contributed by atoms with E-state index in [0.29, 0.717) is 62.5 Å². The van der Waals surface area contributed by atoms with E-state index in [9.17, 15) is 33.6 Å². The minimum Gasteiger partial charge on any atom is -0.494 e. The summed E-state index contributed by atoms with van der Waals surface area (Å²) in [6.45, 7) is 12.5. The number of carbonyl (C=O) groups is 7. The van der Waals surface area contributed by atoms with E-state index in [1.807, 2.05) is 0 Å². The molecule has 17 heteroatoms. The molecule has 0 saturated heterocycles. The van der Waals surface area contributed by atoms with E-state index in [1.165, 1.54) is 18.2 Å². The Labute approximate surface area is 463 Å². The van der Waals surface area contributed by atoms with Crippen molar-refractivity contribution in [3.05, 3.63) is 151 Å². The van der Waals surface area contributed by atoms with Crippen molar-refractivity contribution in [3.63, 3.8) is 0 Å². The molecule has 0 aliphatic rings. The molecule has 0 heterocycles. The first kappa shape index (κ1) is 63.3. The normalized spacial score (nSPS) is 10.5. The van der Waals surface area contributed by atoms with Crippen molar-refractivity contribution in [1.82, 2.24) is 0 Å². The van der Waals surface area contributed by atoms with Gasteiger partial charge in [-0.05, 0) is 142 Å². The van der Waals surface area contributed by atoms with Crippen LogP contribution in [0.1, 0.15) is 151 Å². The Bertz CT molecular complexity index is 2530. The van der Waals surface area contributed by atoms with Gasteiger partial charge >= 0.3 is 41.8 Å². The highest BCUT2D eigenvalue weighted by Crippen LogP contribution is 2.28. The van der Waals surface area contributed by atoms with Crippen molar-refractivity contribution in [2.24, 2.45) is 0 Å². The Morgan fingerprint density at radius 1 is 0.304 bits per heavy atom. The zero-order valence-corrected chi connectivity index (χ0v) is 45.1. The third-order valence-corrected chi connectivity index (χ3v) is 11.8. The lowest BCUT2D eigenvalue weighted by Gasteiger charge is -2.13. The van der Waals surface area contributed by atoms with Gasteiger partial charge in [0.05, 0.1) is 69.5 Å². The van der Waals surface area contributed by atoms with E-state index < -0.39 is 41.8 Å². The number of hydrogen-bond donors (Lipinski definition) is 0. The largest absolute Gasteiger partial charge is 0.494 e. The third kappa shape index (κ3) is 26.6. The van der Waals surface area contributed by atoms with E-state index in [4.69, 9.17) is 47.4 Å². The smallest absolute Gasteiger partial charge is 0.343 e. The molecule has 424 valence electrons. The van der Waals surface area contributed by atoms with Crippen LogP contribution in [0.25, 0.3) is 0 Å². The van der Waals surface area contributed by atoms with E-state index in [0.717, 1.165) is 121 Å². The summed E-state index contributed by atoms with van der Waals surface area (Å²) in [6.07, 6.45) is 18.2. The monoisotopic (exact) mass is 1090 g/mol. The molecule has 17 nitrogen and oxygen atoms in total. The molecule has 0 bridgehead atoms. The molecule has 0 aromatic heterocycles. The molecule has 0 N–H and O–H groups in total. The minimum absolute atomic E-state index is 0.0195. The molecular formula is C62H74O17. The number of carbonyl (C=O) groups excluding carboxylic acids is 7. The second-order valence-corrected chi connectivity index (χ2v) is 18.0. The van der Waals surface area contributed by atoms with Crippen molar-refractivity contribution in [1.29, 1.82) is 0 Å². The molecule has 0 atom stereocenters. The van der Waals surface area contributed by atoms with Gasteiger partial charge in [0, 0.05) is 24.6 Å². The second-order valence-electron chi connectivity index (χ2n) is 18.0. The molecule has 0 saturated carbocycles. The Hall–Kier alpha value is -8.21. The molecule has 0 amide bonds. The Morgan fingerprint density at radius 3 is 0.987 bits per heavy atom. The highest BCUT2D eigenvalue weighted by molar-refractivity contribution is 5.97. The van der Waals surface area contributed by atoms with Gasteiger partial charge < -0.3 is 47.4 Å². The molecular weight excluding hydrogens is 1020 g/mol. The standard InChI is InChI=1S/C62H74O17/c1-4-56(63)73-41-20-13-9-7-11-17-38-70-51-32-26-48(27-33-51)60(67)78-53-36-37-55(79-61(68)49-28-34-52(35-29-49)71-39-18-12-8-10-14-21-42-74-57(64)5-2)54(46-53)62(69)77-45-23-44-76-59(66)47-24-30-50(31-25-47)72-40-19-15-16-22-43-75-58(65)6-3/h4-6,24-37,46H,1-3,7-23,38-45H2. The topological polar surface area (TPSA) is 212 Å². The Balaban J connectivity index is 1.27. The van der Waals surface area contributed by atoms with Crippen LogP contribution in [-0.4, -0.2) is 94.6 Å². The molecule has 4 aromatic rings. The first-order chi connectivity index (χ1) is 38.5. The maximum atomic E-state index is 13.6. The zero-order chi connectivity index (χ0) is 56.7. The number of ether oxygens (including phenoxy) is 10. The van der Waals surface area contributed by atoms with Crippen LogP contribution in [0.15, 0.2) is 129 Å². The highest BCUT2D eigenvalue weighted by Gasteiger charge is 2.21. The van der Waals surface area contributed by atoms with Crippen LogP contribution in [0.3, 0.4) is 0 Å². The van der Waals surface area contributed by atoms with Crippen molar-refractivity contribution < 1.29 is 80.9 Å². The summed E-state index contributed by atoms with van der Waals surface area (Å²) in [5.74, 6) is -2.62. The van der Waals surface area contributed by atoms with E-state index in [2.05, 4.69) is 19.7 Å². The van der Waals surface area contributed by atoms with Crippen molar-refractivity contribution in [2.75, 3.05) is 52.9 Å². The van der Waals surface area contributed by atoms with Crippen molar-refractivity contribution in [2.45, 2.75) is 109 Å². The van der Waals surface area contributed by atoms with Crippen LogP contribution in [0.5, 0.6) is 28.7 Å². The summed E-state index contributed by atoms with van der Waals surface area (Å²) in [5, 5.41) is 0. The van der Waals surface area contributed by atoms with Gasteiger partial charge in [0.25, 0.3) is 0 Å². The van der Waals surface area contributed by atoms with Gasteiger partial charge in [-0.3, -0.25) is 0 Å². The summed E-state index contributed by atoms with van der Waals surface area (Å²) < 4.78 is 54.8. The number of benzene rings is 4. The molecule has 0 spiro atoms. The lowest BCUT2D eigenvalue weighted by Crippen LogP contribution is -2.15. The first-order valence-electron chi connectivity index (χ1n) is 27.0. The van der Waals surface area contributed by atoms with Gasteiger partial charge in [-0.15, -0.1) is 0 Å². The van der Waals surface area contributed by atoms with Gasteiger partial charge in [0.2, 0.25) is 0 Å². The van der Waals surface area contributed by atoms with E-state index in [-0.39, 0.29) is 47.8 Å². The van der Waals surface area contributed by atoms with Gasteiger partial charge in [-0.25, -0.2) is 33.6 Å². The molecule has 0 fully saturated rings. The Kier molecular flexibility index (Phi) is 30.7. The lowest BCUT2D eigenvalue weighted by atomic mass is 10.1. The summed E-state index contributed by atoms with van der Waals surface area (Å²) >= 11 is 0. The van der Waals surface area contributed by atoms with Gasteiger partial charge in [-0.1, -0.05) is 71.1 Å². The summed E-state index contributed by atoms with van der Waals surface area (Å²) in [6, 6.07) is 23.3. The predicted molar refractivity (Wildman–Crippen MR) is 295 cm³/mol. The molecule has 0 radical (unpaired) electrons. The fourth-order valence-electron chi connectivity index (χ4n) is 7.40. The number of esters is 7. The van der Waals surface area contributed by atoms with Crippen LogP contribution in [0.4, 0.5) is 0 Å². The van der Waals surface area contributed by atoms with Crippen LogP contribution in [0.2, 0.25) is 0 Å². The predicted octanol–water partition coefficient (Wildman–Crippen LogP) is 12.1. The molecule has 79 heavy (non-hydrogen) atoms. The average Bonchev–Trinajstić information content (AvgIpc) is 3.49.